The van der Waals surface area contributed by atoms with Crippen molar-refractivity contribution in [2.75, 3.05) is 43.4 Å². The van der Waals surface area contributed by atoms with Crippen molar-refractivity contribution in [3.05, 3.63) is 69.3 Å². The van der Waals surface area contributed by atoms with Crippen LogP contribution in [0.5, 0.6) is 6.01 Å². The summed E-state index contributed by atoms with van der Waals surface area (Å²) in [6.07, 6.45) is 9.69. The normalized spacial score (nSPS) is 23.8. The van der Waals surface area contributed by atoms with Crippen LogP contribution in [0, 0.1) is 24.0 Å². The Morgan fingerprint density at radius 2 is 1.91 bits per heavy atom. The van der Waals surface area contributed by atoms with E-state index in [4.69, 9.17) is 40.7 Å². The number of nitrogens with two attached hydrogens (primary N) is 1. The van der Waals surface area contributed by atoms with Crippen molar-refractivity contribution >= 4 is 33.2 Å². The predicted octanol–water partition coefficient (Wildman–Crippen LogP) is 7.29. The minimum Gasteiger partial charge on any atom is -0.461 e. The Labute approximate surface area is 334 Å². The molecule has 0 bridgehead atoms. The topological polar surface area (TPSA) is 127 Å². The zero-order chi connectivity index (χ0) is 40.7. The molecule has 4 aliphatic heterocycles. The van der Waals surface area contributed by atoms with Crippen LogP contribution in [0.15, 0.2) is 37.9 Å². The van der Waals surface area contributed by atoms with Gasteiger partial charge in [0.25, 0.3) is 0 Å². The SMILES string of the molecule is C#Cc1c(F)ccc2cc(N)cc(-c3nc4c5c(nc(OC[C@@]67CCCN6C[C@H](F)C7)nc5c3F)N3C[C@@H](CC)N(Cc5oc(=O)oc5C(C)(C)C)C[C@H]3CCC4)c12. The second-order valence-electron chi connectivity index (χ2n) is 17.5. The van der Waals surface area contributed by atoms with Crippen LogP contribution in [0.1, 0.15) is 89.0 Å². The lowest BCUT2D eigenvalue weighted by Gasteiger charge is -2.47. The molecule has 0 spiro atoms. The highest BCUT2D eigenvalue weighted by Crippen LogP contribution is 2.44. The molecule has 11 nitrogen and oxygen atoms in total. The van der Waals surface area contributed by atoms with Crippen molar-refractivity contribution in [1.29, 1.82) is 0 Å². The molecule has 5 aromatic rings. The molecule has 7 heterocycles. The van der Waals surface area contributed by atoms with Crippen molar-refractivity contribution in [3.63, 3.8) is 0 Å². The van der Waals surface area contributed by atoms with E-state index in [9.17, 15) is 9.18 Å². The average molecular weight is 796 g/mol. The Morgan fingerprint density at radius 1 is 1.09 bits per heavy atom. The standard InChI is InChI=1S/C44H48F3N7O4/c1-6-27-21-54-28(20-52(27)22-33-39(43(3,4)5)58-42(55)57-33)10-8-11-32-35-38(50-41(51-40(35)54)56-23-44-14-9-15-53(44)19-25(45)18-44)36(47)37(49-32)30-17-26(48)16-24-12-13-31(46)29(7-2)34(24)30/h2,12-13,16-17,25,27-28H,6,8-11,14-15,18-23,48H2,1,3-5H3/t25-,27-,28-,44+/m1/s1. The van der Waals surface area contributed by atoms with Crippen molar-refractivity contribution in [3.8, 4) is 29.6 Å². The molecule has 3 aromatic heterocycles. The summed E-state index contributed by atoms with van der Waals surface area (Å²) in [5, 5.41) is 1.37. The summed E-state index contributed by atoms with van der Waals surface area (Å²) in [6.45, 7) is 10.9. The number of halogens is 3. The number of terminal acetylenes is 1. The van der Waals surface area contributed by atoms with Crippen LogP contribution in [0.2, 0.25) is 0 Å². The van der Waals surface area contributed by atoms with Crippen molar-refractivity contribution < 1.29 is 26.7 Å². The van der Waals surface area contributed by atoms with E-state index in [1.165, 1.54) is 6.07 Å². The monoisotopic (exact) mass is 795 g/mol. The first-order chi connectivity index (χ1) is 27.8. The van der Waals surface area contributed by atoms with E-state index in [0.29, 0.717) is 83.9 Å². The Bertz CT molecular complexity index is 2540. The fourth-order valence-electron chi connectivity index (χ4n) is 10.0. The predicted molar refractivity (Wildman–Crippen MR) is 216 cm³/mol. The average Bonchev–Trinajstić information content (AvgIpc) is 3.84. The van der Waals surface area contributed by atoms with Crippen molar-refractivity contribution in [1.82, 2.24) is 24.8 Å². The number of nitrogen functional groups attached to an aromatic ring is 1. The Kier molecular flexibility index (Phi) is 9.47. The van der Waals surface area contributed by atoms with Gasteiger partial charge in [-0.1, -0.05) is 39.7 Å². The summed E-state index contributed by atoms with van der Waals surface area (Å²) in [5.41, 5.74) is 6.62. The van der Waals surface area contributed by atoms with Crippen molar-refractivity contribution in [2.24, 2.45) is 0 Å². The van der Waals surface area contributed by atoms with Gasteiger partial charge in [-0.3, -0.25) is 9.80 Å². The molecule has 3 fully saturated rings. The third-order valence-electron chi connectivity index (χ3n) is 12.7. The fourth-order valence-corrected chi connectivity index (χ4v) is 10.0. The van der Waals surface area contributed by atoms with E-state index >= 15 is 8.78 Å². The van der Waals surface area contributed by atoms with Gasteiger partial charge in [0.05, 0.1) is 28.7 Å². The highest BCUT2D eigenvalue weighted by atomic mass is 19.1. The molecule has 0 aliphatic carbocycles. The number of aromatic nitrogens is 3. The fraction of sp³-hybridized carbons (Fsp3) is 0.500. The lowest BCUT2D eigenvalue weighted by Crippen LogP contribution is -2.58. The second kappa shape index (κ2) is 14.3. The van der Waals surface area contributed by atoms with Gasteiger partial charge in [0.1, 0.15) is 35.6 Å². The molecule has 14 heteroatoms. The third kappa shape index (κ3) is 6.47. The minimum atomic E-state index is -0.952. The van der Waals surface area contributed by atoms with Gasteiger partial charge in [-0.05, 0) is 68.7 Å². The van der Waals surface area contributed by atoms with Gasteiger partial charge in [-0.2, -0.15) is 9.97 Å². The number of alkyl halides is 1. The van der Waals surface area contributed by atoms with Gasteiger partial charge in [0.15, 0.2) is 17.3 Å². The quantitative estimate of drug-likeness (QED) is 0.132. The second-order valence-corrected chi connectivity index (χ2v) is 17.5. The Hall–Kier alpha value is -5.13. The molecule has 0 radical (unpaired) electrons. The zero-order valence-electron chi connectivity index (χ0n) is 33.3. The van der Waals surface area contributed by atoms with Crippen LogP contribution in [-0.2, 0) is 18.4 Å². The number of piperazine rings is 1. The third-order valence-corrected chi connectivity index (χ3v) is 12.7. The molecule has 0 amide bonds. The van der Waals surface area contributed by atoms with E-state index in [0.717, 1.165) is 38.6 Å². The van der Waals surface area contributed by atoms with Crippen LogP contribution in [-0.4, -0.2) is 81.3 Å². The molecule has 9 rings (SSSR count). The molecule has 4 aliphatic rings. The summed E-state index contributed by atoms with van der Waals surface area (Å²) >= 11 is 0. The number of nitrogens with zero attached hydrogens (tertiary/aromatic N) is 6. The number of pyridine rings is 1. The van der Waals surface area contributed by atoms with Gasteiger partial charge in [0, 0.05) is 60.2 Å². The summed E-state index contributed by atoms with van der Waals surface area (Å²) in [4.78, 5) is 33.9. The molecule has 2 aromatic carbocycles. The van der Waals surface area contributed by atoms with E-state index < -0.39 is 34.6 Å². The first-order valence-corrected chi connectivity index (χ1v) is 20.3. The first-order valence-electron chi connectivity index (χ1n) is 20.3. The van der Waals surface area contributed by atoms with E-state index in [1.807, 2.05) is 20.8 Å². The smallest absolute Gasteiger partial charge is 0.461 e. The number of benzene rings is 2. The summed E-state index contributed by atoms with van der Waals surface area (Å²) in [5.74, 6) is 1.96. The van der Waals surface area contributed by atoms with Gasteiger partial charge < -0.3 is 24.2 Å². The molecule has 304 valence electrons. The number of anilines is 2. The maximum absolute atomic E-state index is 17.6. The number of hydrogen-bond acceptors (Lipinski definition) is 11. The summed E-state index contributed by atoms with van der Waals surface area (Å²) in [7, 11) is 0. The van der Waals surface area contributed by atoms with Gasteiger partial charge >= 0.3 is 11.8 Å². The van der Waals surface area contributed by atoms with Crippen LogP contribution in [0.25, 0.3) is 32.9 Å². The molecule has 2 N–H and O–H groups in total. The van der Waals surface area contributed by atoms with Crippen LogP contribution < -0.4 is 21.2 Å². The maximum atomic E-state index is 17.6. The van der Waals surface area contributed by atoms with Gasteiger partial charge in [-0.25, -0.2) is 22.9 Å². The van der Waals surface area contributed by atoms with Crippen LogP contribution in [0.3, 0.4) is 0 Å². The number of rotatable bonds is 7. The van der Waals surface area contributed by atoms with Crippen LogP contribution >= 0.6 is 0 Å². The number of aryl methyl sites for hydroxylation is 1. The summed E-state index contributed by atoms with van der Waals surface area (Å²) in [6, 6.07) is 6.04. The molecular weight excluding hydrogens is 748 g/mol. The Balaban J connectivity index is 1.19. The minimum absolute atomic E-state index is 0.000242. The molecule has 0 saturated carbocycles. The molecule has 58 heavy (non-hydrogen) atoms. The van der Waals surface area contributed by atoms with Crippen molar-refractivity contribution in [2.45, 2.75) is 108 Å². The van der Waals surface area contributed by atoms with E-state index in [2.05, 4.69) is 27.5 Å². The number of fused-ring (bicyclic) bond motifs is 4. The maximum Gasteiger partial charge on any atom is 0.519 e. The van der Waals surface area contributed by atoms with E-state index in [1.54, 1.807) is 18.2 Å². The zero-order valence-corrected chi connectivity index (χ0v) is 33.3. The lowest BCUT2D eigenvalue weighted by molar-refractivity contribution is 0.107. The van der Waals surface area contributed by atoms with E-state index in [-0.39, 0.29) is 47.0 Å². The molecular formula is C44H48F3N7O4. The number of hydrogen-bond donors (Lipinski definition) is 1. The van der Waals surface area contributed by atoms with Gasteiger partial charge in [0.2, 0.25) is 0 Å². The lowest BCUT2D eigenvalue weighted by atomic mass is 9.91. The molecule has 0 unspecified atom stereocenters. The molecule has 3 saturated heterocycles. The first kappa shape index (κ1) is 38.4. The highest BCUT2D eigenvalue weighted by Gasteiger charge is 2.49. The number of ether oxygens (including phenoxy) is 1. The summed E-state index contributed by atoms with van der Waals surface area (Å²) < 4.78 is 65.2. The highest BCUT2D eigenvalue weighted by molar-refractivity contribution is 6.04. The largest absolute Gasteiger partial charge is 0.519 e. The van der Waals surface area contributed by atoms with Gasteiger partial charge in [-0.15, -0.1) is 6.42 Å². The Morgan fingerprint density at radius 3 is 2.69 bits per heavy atom. The molecule has 4 atom stereocenters. The van der Waals surface area contributed by atoms with Crippen LogP contribution in [0.4, 0.5) is 24.7 Å².